The molecule has 2 aromatic rings. The molecule has 1 amide bonds. The van der Waals surface area contributed by atoms with E-state index in [4.69, 9.17) is 9.84 Å². The Morgan fingerprint density at radius 2 is 1.82 bits per heavy atom. The van der Waals surface area contributed by atoms with Crippen molar-refractivity contribution in [1.29, 1.82) is 0 Å². The zero-order valence-electron chi connectivity index (χ0n) is 12.7. The number of carboxylic acid groups (broad SMARTS) is 1. The summed E-state index contributed by atoms with van der Waals surface area (Å²) in [6.07, 6.45) is 0.493. The van der Waals surface area contributed by atoms with Crippen LogP contribution in [0, 0.1) is 0 Å². The van der Waals surface area contributed by atoms with Gasteiger partial charge in [0, 0.05) is 31.0 Å². The van der Waals surface area contributed by atoms with Crippen LogP contribution in [0.2, 0.25) is 0 Å². The molecule has 0 unspecified atom stereocenters. The fourth-order valence-corrected chi connectivity index (χ4v) is 2.41. The number of rotatable bonds is 6. The number of amides is 1. The van der Waals surface area contributed by atoms with Crippen molar-refractivity contribution in [3.63, 3.8) is 0 Å². The summed E-state index contributed by atoms with van der Waals surface area (Å²) in [5, 5.41) is 10.4. The minimum atomic E-state index is -0.851. The topological polar surface area (TPSA) is 66.8 Å². The molecule has 5 nitrogen and oxygen atoms in total. The van der Waals surface area contributed by atoms with Gasteiger partial charge in [-0.05, 0) is 23.9 Å². The molecule has 2 aromatic carbocycles. The average molecular weight is 301 g/mol. The molecule has 1 N–H and O–H groups in total. The molecule has 0 saturated carbocycles. The summed E-state index contributed by atoms with van der Waals surface area (Å²) < 4.78 is 5.32. The van der Waals surface area contributed by atoms with Crippen LogP contribution < -0.4 is 4.74 Å². The smallest absolute Gasteiger partial charge is 0.303 e. The second-order valence-electron chi connectivity index (χ2n) is 5.08. The summed E-state index contributed by atoms with van der Waals surface area (Å²) in [6, 6.07) is 11.1. The summed E-state index contributed by atoms with van der Waals surface area (Å²) in [4.78, 5) is 24.7. The molecular weight excluding hydrogens is 282 g/mol. The summed E-state index contributed by atoms with van der Waals surface area (Å²) >= 11 is 0. The predicted octanol–water partition coefficient (Wildman–Crippen LogP) is 2.79. The third-order valence-corrected chi connectivity index (χ3v) is 3.57. The molecular formula is C17H19NO4. The standard InChI is InChI=1S/C17H19NO4/c1-18(11-5-8-16(19)20)17(21)14-9-10-15(22-2)13-7-4-3-6-12(13)14/h3-4,6-7,9-10H,5,8,11H2,1-2H3,(H,19,20). The van der Waals surface area contributed by atoms with E-state index >= 15 is 0 Å². The number of hydrogen-bond acceptors (Lipinski definition) is 3. The van der Waals surface area contributed by atoms with E-state index in [9.17, 15) is 9.59 Å². The molecule has 0 saturated heterocycles. The van der Waals surface area contributed by atoms with E-state index in [-0.39, 0.29) is 12.3 Å². The first-order chi connectivity index (χ1) is 10.5. The van der Waals surface area contributed by atoms with Gasteiger partial charge in [-0.25, -0.2) is 0 Å². The summed E-state index contributed by atoms with van der Waals surface area (Å²) in [7, 11) is 3.28. The first-order valence-electron chi connectivity index (χ1n) is 7.07. The van der Waals surface area contributed by atoms with Gasteiger partial charge in [0.2, 0.25) is 0 Å². The maximum Gasteiger partial charge on any atom is 0.303 e. The molecule has 0 spiro atoms. The Kier molecular flexibility index (Phi) is 4.99. The lowest BCUT2D eigenvalue weighted by atomic mass is 10.0. The molecule has 0 bridgehead atoms. The SMILES string of the molecule is COc1ccc(C(=O)N(C)CCCC(=O)O)c2ccccc12. The van der Waals surface area contributed by atoms with E-state index in [1.165, 1.54) is 0 Å². The zero-order chi connectivity index (χ0) is 16.1. The number of carboxylic acids is 1. The molecule has 0 aliphatic heterocycles. The number of nitrogens with zero attached hydrogens (tertiary/aromatic N) is 1. The first kappa shape index (κ1) is 15.8. The van der Waals surface area contributed by atoms with E-state index in [1.807, 2.05) is 24.3 Å². The van der Waals surface area contributed by atoms with Gasteiger partial charge in [-0.2, -0.15) is 0 Å². The van der Waals surface area contributed by atoms with Crippen molar-refractivity contribution in [3.05, 3.63) is 42.0 Å². The van der Waals surface area contributed by atoms with Crippen LogP contribution in [-0.4, -0.2) is 42.6 Å². The van der Waals surface area contributed by atoms with Crippen LogP contribution in [0.3, 0.4) is 0 Å². The number of methoxy groups -OCH3 is 1. The Balaban J connectivity index is 2.26. The van der Waals surface area contributed by atoms with E-state index in [1.54, 1.807) is 31.2 Å². The molecule has 0 heterocycles. The molecule has 0 atom stereocenters. The van der Waals surface area contributed by atoms with Gasteiger partial charge in [0.15, 0.2) is 0 Å². The summed E-state index contributed by atoms with van der Waals surface area (Å²) in [6.45, 7) is 0.408. The fourth-order valence-electron chi connectivity index (χ4n) is 2.41. The largest absolute Gasteiger partial charge is 0.496 e. The van der Waals surface area contributed by atoms with E-state index < -0.39 is 5.97 Å². The van der Waals surface area contributed by atoms with Crippen molar-refractivity contribution < 1.29 is 19.4 Å². The molecule has 0 aromatic heterocycles. The highest BCUT2D eigenvalue weighted by atomic mass is 16.5. The highest BCUT2D eigenvalue weighted by Gasteiger charge is 2.16. The maximum absolute atomic E-state index is 12.6. The monoisotopic (exact) mass is 301 g/mol. The van der Waals surface area contributed by atoms with Crippen molar-refractivity contribution >= 4 is 22.6 Å². The number of benzene rings is 2. The number of ether oxygens (including phenoxy) is 1. The lowest BCUT2D eigenvalue weighted by Crippen LogP contribution is -2.28. The van der Waals surface area contributed by atoms with Crippen LogP contribution in [0.5, 0.6) is 5.75 Å². The Morgan fingerprint density at radius 1 is 1.14 bits per heavy atom. The minimum absolute atomic E-state index is 0.0565. The molecule has 0 radical (unpaired) electrons. The summed E-state index contributed by atoms with van der Waals surface area (Å²) in [5.74, 6) is -0.249. The average Bonchev–Trinajstić information content (AvgIpc) is 2.52. The Labute approximate surface area is 129 Å². The lowest BCUT2D eigenvalue weighted by Gasteiger charge is -2.18. The number of carbonyl (C=O) groups is 2. The molecule has 22 heavy (non-hydrogen) atoms. The van der Waals surface area contributed by atoms with Crippen LogP contribution in [0.25, 0.3) is 10.8 Å². The van der Waals surface area contributed by atoms with Gasteiger partial charge in [-0.15, -0.1) is 0 Å². The van der Waals surface area contributed by atoms with Crippen molar-refractivity contribution in [2.24, 2.45) is 0 Å². The second-order valence-corrected chi connectivity index (χ2v) is 5.08. The normalized spacial score (nSPS) is 10.5. The van der Waals surface area contributed by atoms with Crippen molar-refractivity contribution in [1.82, 2.24) is 4.90 Å². The summed E-state index contributed by atoms with van der Waals surface area (Å²) in [5.41, 5.74) is 0.592. The number of fused-ring (bicyclic) bond motifs is 1. The number of aliphatic carboxylic acids is 1. The molecule has 2 rings (SSSR count). The lowest BCUT2D eigenvalue weighted by molar-refractivity contribution is -0.137. The van der Waals surface area contributed by atoms with Crippen molar-refractivity contribution in [2.75, 3.05) is 20.7 Å². The molecule has 5 heteroatoms. The predicted molar refractivity (Wildman–Crippen MR) is 84.3 cm³/mol. The van der Waals surface area contributed by atoms with E-state index in [0.29, 0.717) is 18.5 Å². The van der Waals surface area contributed by atoms with Gasteiger partial charge in [-0.1, -0.05) is 24.3 Å². The van der Waals surface area contributed by atoms with Gasteiger partial charge in [0.25, 0.3) is 5.91 Å². The van der Waals surface area contributed by atoms with Gasteiger partial charge in [0.05, 0.1) is 7.11 Å². The number of hydrogen-bond donors (Lipinski definition) is 1. The highest BCUT2D eigenvalue weighted by molar-refractivity contribution is 6.08. The molecule has 0 fully saturated rings. The highest BCUT2D eigenvalue weighted by Crippen LogP contribution is 2.28. The van der Waals surface area contributed by atoms with E-state index in [0.717, 1.165) is 16.5 Å². The zero-order valence-corrected chi connectivity index (χ0v) is 12.7. The second kappa shape index (κ2) is 6.93. The Morgan fingerprint density at radius 3 is 2.45 bits per heavy atom. The Hall–Kier alpha value is -2.56. The van der Waals surface area contributed by atoms with Gasteiger partial charge < -0.3 is 14.7 Å². The van der Waals surface area contributed by atoms with Crippen LogP contribution >= 0.6 is 0 Å². The maximum atomic E-state index is 12.6. The third-order valence-electron chi connectivity index (χ3n) is 3.57. The quantitative estimate of drug-likeness (QED) is 0.891. The molecule has 0 aliphatic carbocycles. The van der Waals surface area contributed by atoms with E-state index in [2.05, 4.69) is 0 Å². The van der Waals surface area contributed by atoms with Crippen LogP contribution in [0.15, 0.2) is 36.4 Å². The minimum Gasteiger partial charge on any atom is -0.496 e. The fraction of sp³-hybridized carbons (Fsp3) is 0.294. The van der Waals surface area contributed by atoms with Gasteiger partial charge >= 0.3 is 5.97 Å². The first-order valence-corrected chi connectivity index (χ1v) is 7.07. The van der Waals surface area contributed by atoms with Crippen LogP contribution in [-0.2, 0) is 4.79 Å². The molecule has 0 aliphatic rings. The van der Waals surface area contributed by atoms with Crippen LogP contribution in [0.4, 0.5) is 0 Å². The molecule has 116 valence electrons. The van der Waals surface area contributed by atoms with Gasteiger partial charge in [-0.3, -0.25) is 9.59 Å². The van der Waals surface area contributed by atoms with Crippen LogP contribution in [0.1, 0.15) is 23.2 Å². The van der Waals surface area contributed by atoms with Crippen molar-refractivity contribution in [2.45, 2.75) is 12.8 Å². The third kappa shape index (κ3) is 3.36. The van der Waals surface area contributed by atoms with Crippen molar-refractivity contribution in [3.8, 4) is 5.75 Å². The Bertz CT molecular complexity index is 696. The number of carbonyl (C=O) groups excluding carboxylic acids is 1. The van der Waals surface area contributed by atoms with Gasteiger partial charge in [0.1, 0.15) is 5.75 Å².